The molecule has 3 aromatic rings. The molecule has 2 aromatic carbocycles. The van der Waals surface area contributed by atoms with Crippen molar-refractivity contribution in [3.05, 3.63) is 69.2 Å². The van der Waals surface area contributed by atoms with Crippen molar-refractivity contribution in [2.24, 2.45) is 4.99 Å². The van der Waals surface area contributed by atoms with E-state index in [1.807, 2.05) is 13.8 Å². The summed E-state index contributed by atoms with van der Waals surface area (Å²) < 4.78 is 44.7. The highest BCUT2D eigenvalue weighted by atomic mass is 35.5. The highest BCUT2D eigenvalue weighted by molar-refractivity contribution is 7.15. The minimum atomic E-state index is -4.37. The van der Waals surface area contributed by atoms with E-state index in [2.05, 4.69) is 15.5 Å². The number of hydroxylamine groups is 1. The second-order valence-corrected chi connectivity index (χ2v) is 8.52. The van der Waals surface area contributed by atoms with Crippen molar-refractivity contribution in [1.82, 2.24) is 10.5 Å². The number of rotatable bonds is 6. The van der Waals surface area contributed by atoms with Crippen LogP contribution in [0.5, 0.6) is 5.75 Å². The molecule has 32 heavy (non-hydrogen) atoms. The minimum Gasteiger partial charge on any atom is -0.485 e. The van der Waals surface area contributed by atoms with Gasteiger partial charge < -0.3 is 4.74 Å². The molecule has 10 heteroatoms. The fraction of sp³-hybridized carbons (Fsp3) is 0.273. The van der Waals surface area contributed by atoms with Crippen LogP contribution in [0.1, 0.15) is 41.1 Å². The number of hydrogen-bond donors (Lipinski definition) is 1. The van der Waals surface area contributed by atoms with Crippen molar-refractivity contribution >= 4 is 28.8 Å². The van der Waals surface area contributed by atoms with E-state index >= 15 is 0 Å². The van der Waals surface area contributed by atoms with Gasteiger partial charge in [-0.25, -0.2) is 15.5 Å². The maximum atomic E-state index is 12.8. The largest absolute Gasteiger partial charge is 0.485 e. The first kappa shape index (κ1) is 22.6. The molecule has 1 N–H and O–H groups in total. The van der Waals surface area contributed by atoms with E-state index in [0.29, 0.717) is 39.2 Å². The van der Waals surface area contributed by atoms with Crippen LogP contribution in [0, 0.1) is 6.92 Å². The molecule has 1 unspecified atom stereocenters. The van der Waals surface area contributed by atoms with Gasteiger partial charge in [0, 0.05) is 11.1 Å². The maximum Gasteiger partial charge on any atom is 0.416 e. The summed E-state index contributed by atoms with van der Waals surface area (Å²) in [7, 11) is 0. The first-order valence-corrected chi connectivity index (χ1v) is 11.0. The number of aliphatic imine (C=N–C) groups is 1. The Kier molecular flexibility index (Phi) is 6.41. The quantitative estimate of drug-likeness (QED) is 0.433. The van der Waals surface area contributed by atoms with Crippen molar-refractivity contribution in [2.45, 2.75) is 32.5 Å². The summed E-state index contributed by atoms with van der Waals surface area (Å²) in [6.45, 7) is 4.09. The number of ether oxygens (including phenoxy) is 1. The van der Waals surface area contributed by atoms with Gasteiger partial charge in [0.25, 0.3) is 0 Å². The van der Waals surface area contributed by atoms with Gasteiger partial charge in [0.05, 0.1) is 21.2 Å². The molecular weight excluding hydrogens is 463 g/mol. The summed E-state index contributed by atoms with van der Waals surface area (Å²) in [6, 6.07) is 10.3. The molecule has 5 nitrogen and oxygen atoms in total. The molecule has 4 rings (SSSR count). The first-order valence-electron chi connectivity index (χ1n) is 9.80. The van der Waals surface area contributed by atoms with Gasteiger partial charge in [0.1, 0.15) is 16.9 Å². The number of amidine groups is 1. The molecule has 0 saturated carbocycles. The van der Waals surface area contributed by atoms with Gasteiger partial charge in [-0.1, -0.05) is 30.7 Å². The average Bonchev–Trinajstić information content (AvgIpc) is 3.42. The maximum absolute atomic E-state index is 12.8. The van der Waals surface area contributed by atoms with Crippen LogP contribution in [-0.2, 0) is 11.0 Å². The molecule has 0 spiro atoms. The van der Waals surface area contributed by atoms with E-state index in [-0.39, 0.29) is 12.8 Å². The van der Waals surface area contributed by atoms with Gasteiger partial charge in [-0.3, -0.25) is 4.84 Å². The van der Waals surface area contributed by atoms with Gasteiger partial charge in [-0.05, 0) is 43.7 Å². The Labute approximate surface area is 191 Å². The van der Waals surface area contributed by atoms with E-state index in [4.69, 9.17) is 21.2 Å². The summed E-state index contributed by atoms with van der Waals surface area (Å²) >= 11 is 7.81. The Hall–Kier alpha value is -2.62. The van der Waals surface area contributed by atoms with Crippen molar-refractivity contribution in [1.29, 1.82) is 0 Å². The normalized spacial score (nSPS) is 14.8. The standard InChI is InChI=1S/C22H19ClF3N3O2S/c1-3-18(31-15-8-9-16(17(23)10-15)20-27-11-30-29-20)19-12(2)28-21(32-19)13-4-6-14(7-5-13)22(24,25)26/h4-10,18H,3,11H2,1-2H3,(H,27,29). The molecule has 0 radical (unpaired) electrons. The van der Waals surface area contributed by atoms with Gasteiger partial charge in [-0.2, -0.15) is 13.2 Å². The second-order valence-electron chi connectivity index (χ2n) is 7.08. The lowest BCUT2D eigenvalue weighted by molar-refractivity contribution is -0.137. The van der Waals surface area contributed by atoms with Crippen LogP contribution in [0.25, 0.3) is 10.6 Å². The van der Waals surface area contributed by atoms with E-state index in [9.17, 15) is 13.2 Å². The summed E-state index contributed by atoms with van der Waals surface area (Å²) in [5, 5.41) is 1.12. The van der Waals surface area contributed by atoms with Gasteiger partial charge in [0.15, 0.2) is 12.6 Å². The third kappa shape index (κ3) is 4.74. The summed E-state index contributed by atoms with van der Waals surface area (Å²) in [6.07, 6.45) is -3.96. The van der Waals surface area contributed by atoms with Crippen LogP contribution < -0.4 is 10.2 Å². The van der Waals surface area contributed by atoms with Crippen molar-refractivity contribution in [3.63, 3.8) is 0 Å². The number of nitrogens with zero attached hydrogens (tertiary/aromatic N) is 2. The smallest absolute Gasteiger partial charge is 0.416 e. The Morgan fingerprint density at radius 3 is 2.56 bits per heavy atom. The summed E-state index contributed by atoms with van der Waals surface area (Å²) in [4.78, 5) is 14.7. The molecule has 1 atom stereocenters. The fourth-order valence-electron chi connectivity index (χ4n) is 3.25. The molecule has 0 fully saturated rings. The van der Waals surface area contributed by atoms with Crippen LogP contribution in [-0.4, -0.2) is 17.6 Å². The summed E-state index contributed by atoms with van der Waals surface area (Å²) in [5.41, 5.74) is 4.14. The SMILES string of the molecule is CCC(Oc1ccc(C2=NCON2)c(Cl)c1)c1sc(-c2ccc(C(F)(F)F)cc2)nc1C. The van der Waals surface area contributed by atoms with Crippen molar-refractivity contribution in [3.8, 4) is 16.3 Å². The number of aromatic nitrogens is 1. The molecule has 0 bridgehead atoms. The number of benzene rings is 2. The van der Waals surface area contributed by atoms with Crippen LogP contribution in [0.2, 0.25) is 5.02 Å². The molecule has 168 valence electrons. The first-order chi connectivity index (χ1) is 15.3. The van der Waals surface area contributed by atoms with Crippen molar-refractivity contribution < 1.29 is 22.7 Å². The predicted molar refractivity (Wildman–Crippen MR) is 118 cm³/mol. The van der Waals surface area contributed by atoms with E-state index in [1.54, 1.807) is 18.2 Å². The number of halogens is 4. The number of aryl methyl sites for hydroxylation is 1. The molecular formula is C22H19ClF3N3O2S. The third-order valence-corrected chi connectivity index (χ3v) is 6.50. The van der Waals surface area contributed by atoms with Crippen LogP contribution in [0.3, 0.4) is 0 Å². The zero-order valence-electron chi connectivity index (χ0n) is 17.2. The molecule has 1 aliphatic rings. The van der Waals surface area contributed by atoms with E-state index in [1.165, 1.54) is 23.5 Å². The van der Waals surface area contributed by atoms with E-state index in [0.717, 1.165) is 22.7 Å². The number of hydrogen-bond acceptors (Lipinski definition) is 6. The lowest BCUT2D eigenvalue weighted by atomic mass is 10.1. The topological polar surface area (TPSA) is 55.7 Å². The Balaban J connectivity index is 1.55. The second kappa shape index (κ2) is 9.09. The highest BCUT2D eigenvalue weighted by Gasteiger charge is 2.30. The summed E-state index contributed by atoms with van der Waals surface area (Å²) in [5.74, 6) is 1.15. The third-order valence-electron chi connectivity index (χ3n) is 4.88. The molecule has 0 saturated heterocycles. The lowest BCUT2D eigenvalue weighted by Crippen LogP contribution is -2.18. The van der Waals surface area contributed by atoms with Gasteiger partial charge in [0.2, 0.25) is 0 Å². The molecule has 2 heterocycles. The number of nitrogens with one attached hydrogen (secondary N) is 1. The molecule has 1 aromatic heterocycles. The Morgan fingerprint density at radius 2 is 1.97 bits per heavy atom. The fourth-order valence-corrected chi connectivity index (χ4v) is 4.69. The zero-order chi connectivity index (χ0) is 22.9. The Morgan fingerprint density at radius 1 is 1.22 bits per heavy atom. The number of alkyl halides is 3. The molecule has 0 aliphatic carbocycles. The van der Waals surface area contributed by atoms with Gasteiger partial charge >= 0.3 is 6.18 Å². The van der Waals surface area contributed by atoms with Crippen molar-refractivity contribution in [2.75, 3.05) is 6.73 Å². The Bertz CT molecular complexity index is 1150. The van der Waals surface area contributed by atoms with Crippen LogP contribution in [0.15, 0.2) is 47.5 Å². The monoisotopic (exact) mass is 481 g/mol. The van der Waals surface area contributed by atoms with Gasteiger partial charge in [-0.15, -0.1) is 11.3 Å². The highest BCUT2D eigenvalue weighted by Crippen LogP contribution is 2.37. The minimum absolute atomic E-state index is 0.230. The predicted octanol–water partition coefficient (Wildman–Crippen LogP) is 6.56. The molecule has 1 aliphatic heterocycles. The number of thiazole rings is 1. The lowest BCUT2D eigenvalue weighted by Gasteiger charge is -2.17. The zero-order valence-corrected chi connectivity index (χ0v) is 18.7. The van der Waals surface area contributed by atoms with E-state index < -0.39 is 11.7 Å². The average molecular weight is 482 g/mol. The molecule has 0 amide bonds. The van der Waals surface area contributed by atoms with Crippen LogP contribution in [0.4, 0.5) is 13.2 Å². The van der Waals surface area contributed by atoms with Crippen LogP contribution >= 0.6 is 22.9 Å².